The highest BCUT2D eigenvalue weighted by atomic mass is 35.5. The van der Waals surface area contributed by atoms with Crippen LogP contribution in [0.3, 0.4) is 0 Å². The van der Waals surface area contributed by atoms with E-state index in [0.717, 1.165) is 124 Å². The van der Waals surface area contributed by atoms with Crippen molar-refractivity contribution in [3.63, 3.8) is 0 Å². The predicted molar refractivity (Wildman–Crippen MR) is 304 cm³/mol. The van der Waals surface area contributed by atoms with Crippen molar-refractivity contribution in [2.45, 2.75) is 128 Å². The van der Waals surface area contributed by atoms with Crippen LogP contribution in [0.2, 0.25) is 24.6 Å². The Labute approximate surface area is 478 Å². The highest BCUT2D eigenvalue weighted by Gasteiger charge is 2.36. The minimum atomic E-state index is -0.316. The quantitative estimate of drug-likeness (QED) is 0.0906. The standard InChI is InChI=1S/C29H28Cl2N2O4S.C18H20Cl2N2O2.C10H8ClNO2S/c1-2-35-29(34)18-9-11-23-24(14-18)38-25(32-23)13-16-6-10-19(12-16)36-15-20-27(33-37-28(20)17-7-8-17)26-21(30)4-3-5-22(26)31;19-14-2-1-3-15(20)16(14)17-13(18(24-22-17)10-4-5-10)9-23-12-7-6-11(21)8-12;1-2-14-9(13)6-3-4-7-8(5-6)15-10(11)12-7/h3-5,9,11,14,16-17,19H,2,6-8,10,12-13,15H2,1H3;1-3,10-12H,4-9,21H2;3-5H,2H2,1H3/t16-,19?;11-,12?;/m11./s1. The van der Waals surface area contributed by atoms with Crippen molar-refractivity contribution in [1.82, 2.24) is 20.3 Å². The van der Waals surface area contributed by atoms with Gasteiger partial charge in [-0.25, -0.2) is 19.6 Å². The van der Waals surface area contributed by atoms with E-state index >= 15 is 0 Å². The molecule has 8 aromatic rings. The van der Waals surface area contributed by atoms with E-state index in [1.165, 1.54) is 11.3 Å². The Kier molecular flexibility index (Phi) is 18.2. The van der Waals surface area contributed by atoms with Crippen molar-refractivity contribution < 1.29 is 37.6 Å². The maximum Gasteiger partial charge on any atom is 0.338 e. The molecule has 77 heavy (non-hydrogen) atoms. The summed E-state index contributed by atoms with van der Waals surface area (Å²) in [5.74, 6) is 2.56. The zero-order valence-electron chi connectivity index (χ0n) is 42.3. The van der Waals surface area contributed by atoms with Crippen LogP contribution < -0.4 is 5.73 Å². The molecule has 0 amide bonds. The van der Waals surface area contributed by atoms with E-state index in [9.17, 15) is 9.59 Å². The van der Waals surface area contributed by atoms with Gasteiger partial charge in [-0.3, -0.25) is 0 Å². The maximum atomic E-state index is 12.1. The van der Waals surface area contributed by atoms with Crippen LogP contribution in [0.1, 0.15) is 138 Å². The summed E-state index contributed by atoms with van der Waals surface area (Å²) in [6.45, 7) is 5.22. The lowest BCUT2D eigenvalue weighted by Gasteiger charge is -2.13. The number of hydrogen-bond donors (Lipinski definition) is 1. The zero-order chi connectivity index (χ0) is 53.7. The van der Waals surface area contributed by atoms with Crippen molar-refractivity contribution in [2.75, 3.05) is 13.2 Å². The largest absolute Gasteiger partial charge is 0.462 e. The van der Waals surface area contributed by atoms with Crippen LogP contribution in [0.25, 0.3) is 42.9 Å². The predicted octanol–water partition coefficient (Wildman–Crippen LogP) is 16.3. The fourth-order valence-corrected chi connectivity index (χ4v) is 13.2. The summed E-state index contributed by atoms with van der Waals surface area (Å²) in [6, 6.07) is 21.9. The Balaban J connectivity index is 0.000000146. The van der Waals surface area contributed by atoms with Gasteiger partial charge in [-0.15, -0.1) is 22.7 Å². The second-order valence-corrected chi connectivity index (χ2v) is 24.0. The summed E-state index contributed by atoms with van der Waals surface area (Å²) >= 11 is 34.5. The monoisotopic (exact) mass is 1180 g/mol. The van der Waals surface area contributed by atoms with E-state index in [1.807, 2.05) is 55.5 Å². The highest BCUT2D eigenvalue weighted by molar-refractivity contribution is 7.22. The van der Waals surface area contributed by atoms with Gasteiger partial charge in [0.15, 0.2) is 4.47 Å². The molecule has 20 heteroatoms. The number of fused-ring (bicyclic) bond motifs is 2. The number of esters is 2. The molecule has 4 aliphatic carbocycles. The SMILES string of the molecule is CCOC(=O)c1ccc2nc(C[C@@H]3CCC(OCc4c(-c5c(Cl)cccc5Cl)noc4C4CC4)C3)sc2c1.CCOC(=O)c1ccc2nc(Cl)sc2c1.N[C@@H]1CCC(OCc2c(-c3c(Cl)cccc3Cl)noc2C2CC2)C1. The molecule has 0 radical (unpaired) electrons. The number of rotatable bonds is 16. The van der Waals surface area contributed by atoms with Crippen LogP contribution in [0.5, 0.6) is 0 Å². The fraction of sp³-hybridized carbons (Fsp3) is 0.404. The summed E-state index contributed by atoms with van der Waals surface area (Å²) in [7, 11) is 0. The number of aromatic nitrogens is 4. The van der Waals surface area contributed by atoms with Gasteiger partial charge in [0, 0.05) is 46.6 Å². The molecule has 4 aliphatic rings. The molecule has 0 spiro atoms. The third-order valence-corrected chi connectivity index (χ3v) is 17.5. The average molecular weight is 1180 g/mol. The maximum absolute atomic E-state index is 12.1. The number of carbonyl (C=O) groups is 2. The van der Waals surface area contributed by atoms with Crippen LogP contribution in [0.15, 0.2) is 81.8 Å². The van der Waals surface area contributed by atoms with E-state index in [4.69, 9.17) is 96.7 Å². The van der Waals surface area contributed by atoms with Gasteiger partial charge in [-0.2, -0.15) is 0 Å². The van der Waals surface area contributed by atoms with E-state index in [1.54, 1.807) is 42.5 Å². The van der Waals surface area contributed by atoms with Crippen molar-refractivity contribution in [1.29, 1.82) is 0 Å². The summed E-state index contributed by atoms with van der Waals surface area (Å²) in [5, 5.41) is 12.0. The first-order valence-electron chi connectivity index (χ1n) is 26.0. The molecule has 0 aliphatic heterocycles. The Hall–Kier alpha value is -4.65. The molecule has 4 aromatic heterocycles. The topological polar surface area (TPSA) is 175 Å². The number of carbonyl (C=O) groups excluding carboxylic acids is 2. The molecular formula is C57H56Cl5N5O8S2. The molecule has 4 fully saturated rings. The second-order valence-electron chi connectivity index (χ2n) is 19.7. The van der Waals surface area contributed by atoms with Crippen LogP contribution in [0, 0.1) is 5.92 Å². The van der Waals surface area contributed by atoms with Crippen molar-refractivity contribution in [3.05, 3.63) is 136 Å². The summed E-state index contributed by atoms with van der Waals surface area (Å²) in [4.78, 5) is 32.4. The Morgan fingerprint density at radius 3 is 1.57 bits per heavy atom. The molecule has 2 unspecified atom stereocenters. The van der Waals surface area contributed by atoms with Crippen molar-refractivity contribution >= 4 is 113 Å². The average Bonchev–Trinajstić information content (AvgIpc) is 4.03. The van der Waals surface area contributed by atoms with E-state index < -0.39 is 0 Å². The summed E-state index contributed by atoms with van der Waals surface area (Å²) in [5.41, 5.74) is 13.6. The van der Waals surface area contributed by atoms with Gasteiger partial charge in [0.1, 0.15) is 22.9 Å². The van der Waals surface area contributed by atoms with Crippen molar-refractivity contribution in [2.24, 2.45) is 11.7 Å². The molecule has 2 N–H and O–H groups in total. The van der Waals surface area contributed by atoms with Gasteiger partial charge in [-0.05, 0) is 145 Å². The van der Waals surface area contributed by atoms with Gasteiger partial charge in [0.05, 0.1) is 95.3 Å². The Morgan fingerprint density at radius 1 is 0.610 bits per heavy atom. The lowest BCUT2D eigenvalue weighted by atomic mass is 10.0. The van der Waals surface area contributed by atoms with Gasteiger partial charge in [0.25, 0.3) is 0 Å². The molecule has 0 bridgehead atoms. The number of thiazole rings is 2. The van der Waals surface area contributed by atoms with Crippen molar-refractivity contribution in [3.8, 4) is 22.5 Å². The zero-order valence-corrected chi connectivity index (χ0v) is 47.8. The third kappa shape index (κ3) is 13.5. The first-order chi connectivity index (χ1) is 37.3. The highest BCUT2D eigenvalue weighted by Crippen LogP contribution is 2.48. The van der Waals surface area contributed by atoms with Crippen LogP contribution >= 0.6 is 80.7 Å². The minimum Gasteiger partial charge on any atom is -0.462 e. The van der Waals surface area contributed by atoms with Crippen LogP contribution in [-0.2, 0) is 38.6 Å². The molecule has 4 heterocycles. The number of benzene rings is 4. The molecule has 4 aromatic carbocycles. The lowest BCUT2D eigenvalue weighted by Crippen LogP contribution is -2.17. The number of hydrogen-bond acceptors (Lipinski definition) is 15. The van der Waals surface area contributed by atoms with E-state index in [2.05, 4.69) is 15.3 Å². The van der Waals surface area contributed by atoms with Gasteiger partial charge >= 0.3 is 11.9 Å². The molecule has 0 saturated heterocycles. The first kappa shape index (κ1) is 55.7. The Bertz CT molecular complexity index is 3350. The number of ether oxygens (including phenoxy) is 4. The third-order valence-electron chi connectivity index (χ3n) is 14.1. The molecule has 4 atom stereocenters. The molecule has 13 nitrogen and oxygen atoms in total. The van der Waals surface area contributed by atoms with Gasteiger partial charge in [0.2, 0.25) is 0 Å². The normalized spacial score (nSPS) is 19.0. The fourth-order valence-electron chi connectivity index (χ4n) is 9.88. The molecule has 404 valence electrons. The minimum absolute atomic E-state index is 0.168. The van der Waals surface area contributed by atoms with Gasteiger partial charge < -0.3 is 33.7 Å². The smallest absolute Gasteiger partial charge is 0.338 e. The van der Waals surface area contributed by atoms with E-state index in [0.29, 0.717) is 96.8 Å². The van der Waals surface area contributed by atoms with Crippen LogP contribution in [-0.4, -0.2) is 63.7 Å². The molecule has 12 rings (SSSR count). The number of nitrogens with two attached hydrogens (primary N) is 1. The molecular weight excluding hydrogens is 1120 g/mol. The van der Waals surface area contributed by atoms with Gasteiger partial charge in [-0.1, -0.05) is 80.5 Å². The van der Waals surface area contributed by atoms with E-state index in [-0.39, 0.29) is 30.2 Å². The number of halogens is 5. The first-order valence-corrected chi connectivity index (χ1v) is 29.5. The lowest BCUT2D eigenvalue weighted by molar-refractivity contribution is 0.0423. The molecule has 4 saturated carbocycles. The Morgan fingerprint density at radius 2 is 1.09 bits per heavy atom. The summed E-state index contributed by atoms with van der Waals surface area (Å²) in [6.07, 6.45) is 11.8. The summed E-state index contributed by atoms with van der Waals surface area (Å²) < 4.78 is 36.4. The van der Waals surface area contributed by atoms with Crippen LogP contribution in [0.4, 0.5) is 0 Å². The second kappa shape index (κ2) is 25.2. The number of nitrogens with zero attached hydrogens (tertiary/aromatic N) is 4.